The number of carbonyl (C=O) groups is 2. The van der Waals surface area contributed by atoms with E-state index in [1.165, 1.54) is 5.56 Å². The maximum atomic E-state index is 12.6. The SMILES string of the molecule is CN(C)C1(C(=O)OCCCOc2ccccc2CCc2ccccc2)CCC1C(=O)O. The number of carbonyl (C=O) groups excluding carboxylic acids is 1. The Kier molecular flexibility index (Phi) is 7.69. The van der Waals surface area contributed by atoms with E-state index in [-0.39, 0.29) is 6.61 Å². The minimum atomic E-state index is -1.06. The lowest BCUT2D eigenvalue weighted by molar-refractivity contribution is -0.179. The van der Waals surface area contributed by atoms with Crippen molar-refractivity contribution in [3.8, 4) is 5.75 Å². The monoisotopic (exact) mass is 425 g/mol. The molecule has 0 saturated heterocycles. The number of aryl methyl sites for hydroxylation is 2. The molecule has 2 unspecified atom stereocenters. The van der Waals surface area contributed by atoms with E-state index in [0.29, 0.717) is 25.9 Å². The Labute approximate surface area is 183 Å². The first-order valence-corrected chi connectivity index (χ1v) is 10.8. The van der Waals surface area contributed by atoms with Gasteiger partial charge in [-0.3, -0.25) is 14.5 Å². The highest BCUT2D eigenvalue weighted by Crippen LogP contribution is 2.43. The Balaban J connectivity index is 1.46. The predicted octanol–water partition coefficient (Wildman–Crippen LogP) is 3.58. The molecule has 31 heavy (non-hydrogen) atoms. The summed E-state index contributed by atoms with van der Waals surface area (Å²) < 4.78 is 11.4. The van der Waals surface area contributed by atoms with Crippen LogP contribution in [0.2, 0.25) is 0 Å². The Morgan fingerprint density at radius 3 is 2.39 bits per heavy atom. The van der Waals surface area contributed by atoms with Crippen LogP contribution in [-0.2, 0) is 27.2 Å². The topological polar surface area (TPSA) is 76.1 Å². The molecule has 2 atom stereocenters. The van der Waals surface area contributed by atoms with E-state index in [0.717, 1.165) is 24.2 Å². The van der Waals surface area contributed by atoms with Crippen molar-refractivity contribution < 1.29 is 24.2 Å². The van der Waals surface area contributed by atoms with Gasteiger partial charge in [0, 0.05) is 6.42 Å². The molecule has 1 saturated carbocycles. The van der Waals surface area contributed by atoms with Crippen molar-refractivity contribution in [1.82, 2.24) is 4.90 Å². The van der Waals surface area contributed by atoms with Gasteiger partial charge in [0.2, 0.25) is 0 Å². The van der Waals surface area contributed by atoms with E-state index in [9.17, 15) is 14.7 Å². The van der Waals surface area contributed by atoms with Crippen LogP contribution in [0.3, 0.4) is 0 Å². The fourth-order valence-electron chi connectivity index (χ4n) is 4.16. The maximum absolute atomic E-state index is 12.6. The molecule has 1 N–H and O–H groups in total. The van der Waals surface area contributed by atoms with E-state index in [4.69, 9.17) is 9.47 Å². The van der Waals surface area contributed by atoms with Crippen LogP contribution in [0.25, 0.3) is 0 Å². The van der Waals surface area contributed by atoms with Crippen LogP contribution in [0.15, 0.2) is 54.6 Å². The zero-order valence-corrected chi connectivity index (χ0v) is 18.3. The van der Waals surface area contributed by atoms with Gasteiger partial charge in [-0.1, -0.05) is 48.5 Å². The van der Waals surface area contributed by atoms with Crippen molar-refractivity contribution in [1.29, 1.82) is 0 Å². The fraction of sp³-hybridized carbons (Fsp3) is 0.440. The van der Waals surface area contributed by atoms with Gasteiger partial charge in [-0.05, 0) is 57.0 Å². The molecule has 0 bridgehead atoms. The lowest BCUT2D eigenvalue weighted by Crippen LogP contribution is -2.65. The van der Waals surface area contributed by atoms with Crippen molar-refractivity contribution in [3.05, 3.63) is 65.7 Å². The maximum Gasteiger partial charge on any atom is 0.327 e. The first-order valence-electron chi connectivity index (χ1n) is 10.8. The number of likely N-dealkylation sites (N-methyl/N-ethyl adjacent to an activating group) is 1. The second kappa shape index (κ2) is 10.4. The van der Waals surface area contributed by atoms with Crippen molar-refractivity contribution in [2.75, 3.05) is 27.3 Å². The number of hydrogen-bond donors (Lipinski definition) is 1. The van der Waals surface area contributed by atoms with Gasteiger partial charge in [0.05, 0.1) is 19.1 Å². The van der Waals surface area contributed by atoms with Gasteiger partial charge in [-0.15, -0.1) is 0 Å². The molecule has 6 heteroatoms. The standard InChI is InChI=1S/C25H31NO5/c1-26(2)25(16-15-21(25)23(27)28)24(29)31-18-8-17-30-22-12-7-6-11-20(22)14-13-19-9-4-3-5-10-19/h3-7,9-12,21H,8,13-18H2,1-2H3,(H,27,28). The number of hydrogen-bond acceptors (Lipinski definition) is 5. The van der Waals surface area contributed by atoms with Crippen molar-refractivity contribution in [3.63, 3.8) is 0 Å². The summed E-state index contributed by atoms with van der Waals surface area (Å²) in [5.74, 6) is -1.28. The summed E-state index contributed by atoms with van der Waals surface area (Å²) >= 11 is 0. The second-order valence-corrected chi connectivity index (χ2v) is 8.18. The number of rotatable bonds is 11. The van der Waals surface area contributed by atoms with E-state index >= 15 is 0 Å². The van der Waals surface area contributed by atoms with Crippen molar-refractivity contribution in [2.45, 2.75) is 37.6 Å². The zero-order chi connectivity index (χ0) is 22.3. The van der Waals surface area contributed by atoms with Crippen LogP contribution < -0.4 is 4.74 Å². The van der Waals surface area contributed by atoms with Crippen LogP contribution in [-0.4, -0.2) is 54.8 Å². The zero-order valence-electron chi connectivity index (χ0n) is 18.3. The summed E-state index contributed by atoms with van der Waals surface area (Å²) in [7, 11) is 3.46. The highest BCUT2D eigenvalue weighted by molar-refractivity contribution is 5.90. The Morgan fingerprint density at radius 2 is 1.74 bits per heavy atom. The lowest BCUT2D eigenvalue weighted by Gasteiger charge is -2.49. The van der Waals surface area contributed by atoms with Crippen LogP contribution in [0.1, 0.15) is 30.4 Å². The van der Waals surface area contributed by atoms with Gasteiger partial charge in [-0.25, -0.2) is 0 Å². The fourth-order valence-corrected chi connectivity index (χ4v) is 4.16. The second-order valence-electron chi connectivity index (χ2n) is 8.18. The molecule has 1 fully saturated rings. The average Bonchev–Trinajstić information content (AvgIpc) is 2.72. The number of esters is 1. The Bertz CT molecular complexity index is 882. The molecule has 1 aliphatic rings. The molecular weight excluding hydrogens is 394 g/mol. The van der Waals surface area contributed by atoms with Gasteiger partial charge < -0.3 is 14.6 Å². The number of para-hydroxylation sites is 1. The molecule has 0 amide bonds. The summed E-state index contributed by atoms with van der Waals surface area (Å²) in [5.41, 5.74) is 1.37. The third-order valence-electron chi connectivity index (χ3n) is 6.12. The van der Waals surface area contributed by atoms with E-state index < -0.39 is 23.4 Å². The Hall–Kier alpha value is -2.86. The van der Waals surface area contributed by atoms with Crippen molar-refractivity contribution >= 4 is 11.9 Å². The average molecular weight is 426 g/mol. The van der Waals surface area contributed by atoms with Gasteiger partial charge >= 0.3 is 11.9 Å². The lowest BCUT2D eigenvalue weighted by atomic mass is 9.65. The molecule has 166 valence electrons. The van der Waals surface area contributed by atoms with E-state index in [1.54, 1.807) is 19.0 Å². The summed E-state index contributed by atoms with van der Waals surface area (Å²) in [5, 5.41) is 9.39. The van der Waals surface area contributed by atoms with Crippen LogP contribution in [0.4, 0.5) is 0 Å². The molecule has 2 aromatic rings. The third-order valence-corrected chi connectivity index (χ3v) is 6.12. The summed E-state index contributed by atoms with van der Waals surface area (Å²) in [6.45, 7) is 0.625. The molecule has 3 rings (SSSR count). The number of ether oxygens (including phenoxy) is 2. The molecule has 1 aliphatic carbocycles. The molecule has 0 heterocycles. The van der Waals surface area contributed by atoms with E-state index in [2.05, 4.69) is 18.2 Å². The highest BCUT2D eigenvalue weighted by Gasteiger charge is 2.59. The highest BCUT2D eigenvalue weighted by atomic mass is 16.5. The van der Waals surface area contributed by atoms with E-state index in [1.807, 2.05) is 36.4 Å². The van der Waals surface area contributed by atoms with Crippen LogP contribution >= 0.6 is 0 Å². The molecule has 6 nitrogen and oxygen atoms in total. The van der Waals surface area contributed by atoms with Crippen LogP contribution in [0, 0.1) is 5.92 Å². The molecular formula is C25H31NO5. The van der Waals surface area contributed by atoms with Gasteiger partial charge in [0.1, 0.15) is 11.3 Å². The first kappa shape index (κ1) is 22.8. The van der Waals surface area contributed by atoms with Gasteiger partial charge in [-0.2, -0.15) is 0 Å². The number of nitrogens with zero attached hydrogens (tertiary/aromatic N) is 1. The number of benzene rings is 2. The third kappa shape index (κ3) is 5.25. The Morgan fingerprint density at radius 1 is 1.03 bits per heavy atom. The summed E-state index contributed by atoms with van der Waals surface area (Å²) in [4.78, 5) is 25.8. The van der Waals surface area contributed by atoms with Gasteiger partial charge in [0.25, 0.3) is 0 Å². The smallest absolute Gasteiger partial charge is 0.327 e. The molecule has 0 spiro atoms. The molecule has 0 radical (unpaired) electrons. The summed E-state index contributed by atoms with van der Waals surface area (Å²) in [6.07, 6.45) is 3.36. The van der Waals surface area contributed by atoms with Crippen LogP contribution in [0.5, 0.6) is 5.75 Å². The summed E-state index contributed by atoms with van der Waals surface area (Å²) in [6, 6.07) is 18.3. The predicted molar refractivity (Wildman–Crippen MR) is 118 cm³/mol. The molecule has 0 aliphatic heterocycles. The minimum absolute atomic E-state index is 0.201. The first-order chi connectivity index (χ1) is 14.9. The van der Waals surface area contributed by atoms with Gasteiger partial charge in [0.15, 0.2) is 0 Å². The number of aliphatic carboxylic acids is 1. The quantitative estimate of drug-likeness (QED) is 0.438. The minimum Gasteiger partial charge on any atom is -0.493 e. The molecule has 0 aromatic heterocycles. The molecule has 2 aromatic carbocycles. The largest absolute Gasteiger partial charge is 0.493 e. The van der Waals surface area contributed by atoms with Crippen molar-refractivity contribution in [2.24, 2.45) is 5.92 Å². The normalized spacial score (nSPS) is 20.2. The number of carboxylic acids is 1. The number of carboxylic acid groups (broad SMARTS) is 1.